The van der Waals surface area contributed by atoms with E-state index in [9.17, 15) is 0 Å². The maximum Gasteiger partial charge on any atom is 0.0778 e. The molecular formula is C14H18Cl3N. The van der Waals surface area contributed by atoms with Crippen LogP contribution in [0.3, 0.4) is 0 Å². The fourth-order valence-electron chi connectivity index (χ4n) is 1.84. The van der Waals surface area contributed by atoms with Gasteiger partial charge in [0.2, 0.25) is 0 Å². The molecule has 0 fully saturated rings. The van der Waals surface area contributed by atoms with Crippen LogP contribution in [0.1, 0.15) is 31.7 Å². The molecule has 0 aliphatic rings. The first-order chi connectivity index (χ1) is 8.58. The first-order valence-electron chi connectivity index (χ1n) is 6.11. The van der Waals surface area contributed by atoms with Crippen LogP contribution in [0, 0.1) is 5.92 Å². The zero-order chi connectivity index (χ0) is 13.5. The number of halogens is 3. The normalized spacial score (nSPS) is 13.2. The number of hydrogen-bond acceptors (Lipinski definition) is 1. The van der Waals surface area contributed by atoms with Crippen molar-refractivity contribution in [2.75, 3.05) is 6.54 Å². The summed E-state index contributed by atoms with van der Waals surface area (Å²) in [7, 11) is 0. The molecule has 1 atom stereocenters. The number of allylic oxidation sites excluding steroid dienone is 1. The van der Waals surface area contributed by atoms with Crippen LogP contribution in [-0.4, -0.2) is 6.54 Å². The summed E-state index contributed by atoms with van der Waals surface area (Å²) >= 11 is 17.9. The van der Waals surface area contributed by atoms with Gasteiger partial charge >= 0.3 is 0 Å². The molecule has 0 saturated heterocycles. The van der Waals surface area contributed by atoms with E-state index >= 15 is 0 Å². The van der Waals surface area contributed by atoms with Crippen LogP contribution in [0.2, 0.25) is 15.1 Å². The Morgan fingerprint density at radius 2 is 1.78 bits per heavy atom. The van der Waals surface area contributed by atoms with Gasteiger partial charge in [-0.3, -0.25) is 0 Å². The second-order valence-corrected chi connectivity index (χ2v) is 5.48. The van der Waals surface area contributed by atoms with Crippen LogP contribution in [0.15, 0.2) is 18.2 Å². The van der Waals surface area contributed by atoms with Gasteiger partial charge in [0.15, 0.2) is 0 Å². The Kier molecular flexibility index (Phi) is 7.10. The van der Waals surface area contributed by atoms with Gasteiger partial charge in [0.25, 0.3) is 0 Å². The summed E-state index contributed by atoms with van der Waals surface area (Å²) in [4.78, 5) is 0. The molecule has 18 heavy (non-hydrogen) atoms. The fourth-order valence-corrected chi connectivity index (χ4v) is 2.45. The van der Waals surface area contributed by atoms with Gasteiger partial charge in [-0.2, -0.15) is 0 Å². The summed E-state index contributed by atoms with van der Waals surface area (Å²) in [6.07, 6.45) is 7.50. The maximum absolute atomic E-state index is 5.99. The summed E-state index contributed by atoms with van der Waals surface area (Å²) in [5, 5.41) is 1.37. The molecule has 0 amide bonds. The van der Waals surface area contributed by atoms with Crippen molar-refractivity contribution < 1.29 is 0 Å². The average molecular weight is 307 g/mol. The van der Waals surface area contributed by atoms with Crippen molar-refractivity contribution >= 4 is 40.9 Å². The summed E-state index contributed by atoms with van der Waals surface area (Å²) in [5.74, 6) is 0.508. The van der Waals surface area contributed by atoms with E-state index in [4.69, 9.17) is 40.5 Å². The smallest absolute Gasteiger partial charge is 0.0778 e. The van der Waals surface area contributed by atoms with E-state index in [0.717, 1.165) is 24.8 Å². The largest absolute Gasteiger partial charge is 0.330 e. The standard InChI is InChI=1S/C14H18Cl3N/c1-2-3-10(6-7-18)4-5-11-8-12(15)14(17)13(16)9-11/h4-5,8-10H,2-3,6-7,18H2,1H3/b5-4+. The van der Waals surface area contributed by atoms with Gasteiger partial charge in [-0.1, -0.05) is 60.3 Å². The number of benzene rings is 1. The van der Waals surface area contributed by atoms with E-state index in [2.05, 4.69) is 13.0 Å². The molecule has 0 aromatic heterocycles. The van der Waals surface area contributed by atoms with E-state index in [1.165, 1.54) is 0 Å². The van der Waals surface area contributed by atoms with E-state index in [1.807, 2.05) is 18.2 Å². The van der Waals surface area contributed by atoms with E-state index < -0.39 is 0 Å². The van der Waals surface area contributed by atoms with Gasteiger partial charge in [0.1, 0.15) is 0 Å². The van der Waals surface area contributed by atoms with Crippen molar-refractivity contribution in [2.24, 2.45) is 11.7 Å². The lowest BCUT2D eigenvalue weighted by Gasteiger charge is -2.09. The number of rotatable bonds is 6. The monoisotopic (exact) mass is 305 g/mol. The summed E-state index contributed by atoms with van der Waals surface area (Å²) < 4.78 is 0. The molecule has 1 aromatic carbocycles. The van der Waals surface area contributed by atoms with Crippen LogP contribution in [-0.2, 0) is 0 Å². The zero-order valence-corrected chi connectivity index (χ0v) is 12.7. The van der Waals surface area contributed by atoms with Crippen LogP contribution in [0.5, 0.6) is 0 Å². The van der Waals surface area contributed by atoms with Crippen LogP contribution in [0.4, 0.5) is 0 Å². The Balaban J connectivity index is 2.82. The SMILES string of the molecule is CCCC(/C=C/c1cc(Cl)c(Cl)c(Cl)c1)CCN. The molecule has 4 heteroatoms. The minimum Gasteiger partial charge on any atom is -0.330 e. The van der Waals surface area contributed by atoms with Crippen molar-refractivity contribution in [3.05, 3.63) is 38.8 Å². The van der Waals surface area contributed by atoms with Gasteiger partial charge < -0.3 is 5.73 Å². The number of hydrogen-bond donors (Lipinski definition) is 1. The molecule has 1 unspecified atom stereocenters. The second kappa shape index (κ2) is 8.06. The quantitative estimate of drug-likeness (QED) is 0.697. The molecule has 0 saturated carbocycles. The minimum absolute atomic E-state index is 0.405. The lowest BCUT2D eigenvalue weighted by molar-refractivity contribution is 0.546. The van der Waals surface area contributed by atoms with Gasteiger partial charge in [-0.15, -0.1) is 0 Å². The Labute approximate surface area is 124 Å². The van der Waals surface area contributed by atoms with Crippen LogP contribution >= 0.6 is 34.8 Å². The lowest BCUT2D eigenvalue weighted by Crippen LogP contribution is -2.06. The maximum atomic E-state index is 5.99. The molecule has 1 rings (SSSR count). The molecule has 0 spiro atoms. The van der Waals surface area contributed by atoms with E-state index in [0.29, 0.717) is 27.5 Å². The van der Waals surface area contributed by atoms with Crippen molar-refractivity contribution in [1.29, 1.82) is 0 Å². The van der Waals surface area contributed by atoms with E-state index in [1.54, 1.807) is 0 Å². The zero-order valence-electron chi connectivity index (χ0n) is 10.4. The Hall–Kier alpha value is -0.210. The molecule has 0 radical (unpaired) electrons. The average Bonchev–Trinajstić information content (AvgIpc) is 2.33. The molecule has 0 bridgehead atoms. The minimum atomic E-state index is 0.405. The topological polar surface area (TPSA) is 26.0 Å². The molecule has 0 heterocycles. The van der Waals surface area contributed by atoms with Crippen molar-refractivity contribution in [2.45, 2.75) is 26.2 Å². The molecule has 1 aromatic rings. The van der Waals surface area contributed by atoms with Gasteiger partial charge in [-0.05, 0) is 43.0 Å². The third-order valence-electron chi connectivity index (χ3n) is 2.76. The first kappa shape index (κ1) is 15.8. The first-order valence-corrected chi connectivity index (χ1v) is 7.24. The van der Waals surface area contributed by atoms with Crippen LogP contribution in [0.25, 0.3) is 6.08 Å². The van der Waals surface area contributed by atoms with Crippen molar-refractivity contribution in [3.8, 4) is 0 Å². The van der Waals surface area contributed by atoms with Gasteiger partial charge in [0, 0.05) is 0 Å². The van der Waals surface area contributed by atoms with Crippen molar-refractivity contribution in [3.63, 3.8) is 0 Å². The fraction of sp³-hybridized carbons (Fsp3) is 0.429. The predicted octanol–water partition coefficient (Wildman–Crippen LogP) is 5.43. The van der Waals surface area contributed by atoms with Crippen molar-refractivity contribution in [1.82, 2.24) is 0 Å². The predicted molar refractivity (Wildman–Crippen MR) is 82.6 cm³/mol. The Bertz CT molecular complexity index is 386. The second-order valence-electron chi connectivity index (χ2n) is 4.28. The van der Waals surface area contributed by atoms with Gasteiger partial charge in [0.05, 0.1) is 15.1 Å². The molecule has 1 nitrogen and oxygen atoms in total. The molecular weight excluding hydrogens is 289 g/mol. The van der Waals surface area contributed by atoms with Gasteiger partial charge in [-0.25, -0.2) is 0 Å². The molecule has 0 aliphatic carbocycles. The highest BCUT2D eigenvalue weighted by Gasteiger charge is 2.05. The van der Waals surface area contributed by atoms with E-state index in [-0.39, 0.29) is 0 Å². The summed E-state index contributed by atoms with van der Waals surface area (Å²) in [5.41, 5.74) is 6.57. The lowest BCUT2D eigenvalue weighted by atomic mass is 9.98. The highest BCUT2D eigenvalue weighted by molar-refractivity contribution is 6.48. The Morgan fingerprint density at radius 3 is 2.28 bits per heavy atom. The summed E-state index contributed by atoms with van der Waals surface area (Å²) in [6.45, 7) is 2.88. The third kappa shape index (κ3) is 4.81. The molecule has 0 aliphatic heterocycles. The Morgan fingerprint density at radius 1 is 1.17 bits per heavy atom. The molecule has 2 N–H and O–H groups in total. The third-order valence-corrected chi connectivity index (χ3v) is 3.96. The summed E-state index contributed by atoms with van der Waals surface area (Å²) in [6, 6.07) is 3.63. The highest BCUT2D eigenvalue weighted by atomic mass is 35.5. The molecule has 100 valence electrons. The number of nitrogens with two attached hydrogens (primary N) is 1. The van der Waals surface area contributed by atoms with Crippen LogP contribution < -0.4 is 5.73 Å². The highest BCUT2D eigenvalue weighted by Crippen LogP contribution is 2.31.